The molecule has 5 nitrogen and oxygen atoms in total. The molecule has 25 heavy (non-hydrogen) atoms. The van der Waals surface area contributed by atoms with Crippen LogP contribution < -0.4 is 10.2 Å². The van der Waals surface area contributed by atoms with Gasteiger partial charge in [-0.2, -0.15) is 0 Å². The van der Waals surface area contributed by atoms with Crippen LogP contribution in [-0.4, -0.2) is 29.4 Å². The molecule has 1 atom stereocenters. The molecule has 0 radical (unpaired) electrons. The highest BCUT2D eigenvalue weighted by Crippen LogP contribution is 2.32. The second-order valence-electron chi connectivity index (χ2n) is 6.92. The summed E-state index contributed by atoms with van der Waals surface area (Å²) in [4.78, 5) is 31.1. The Morgan fingerprint density at radius 2 is 1.96 bits per heavy atom. The van der Waals surface area contributed by atoms with E-state index >= 15 is 0 Å². The lowest BCUT2D eigenvalue weighted by molar-refractivity contribution is 0.0948. The molecule has 1 aliphatic rings. The smallest absolute Gasteiger partial charge is 0.260 e. The van der Waals surface area contributed by atoms with Gasteiger partial charge >= 0.3 is 0 Å². The predicted molar refractivity (Wildman–Crippen MR) is 97.8 cm³/mol. The topological polar surface area (TPSA) is 62.3 Å². The molecule has 130 valence electrons. The lowest BCUT2D eigenvalue weighted by atomic mass is 10.1. The number of nitrogens with zero attached hydrogens (tertiary/aromatic N) is 2. The van der Waals surface area contributed by atoms with Crippen molar-refractivity contribution in [2.75, 3.05) is 11.4 Å². The molecule has 1 aromatic carbocycles. The van der Waals surface area contributed by atoms with E-state index < -0.39 is 0 Å². The van der Waals surface area contributed by atoms with Crippen molar-refractivity contribution in [1.82, 2.24) is 10.3 Å². The molecule has 1 unspecified atom stereocenters. The zero-order chi connectivity index (χ0) is 18.0. The summed E-state index contributed by atoms with van der Waals surface area (Å²) in [7, 11) is 0. The van der Waals surface area contributed by atoms with E-state index in [9.17, 15) is 9.59 Å². The second-order valence-corrected chi connectivity index (χ2v) is 6.92. The van der Waals surface area contributed by atoms with Crippen LogP contribution in [0.2, 0.25) is 0 Å². The molecule has 0 fully saturated rings. The predicted octanol–water partition coefficient (Wildman–Crippen LogP) is 3.06. The maximum atomic E-state index is 13.0. The minimum absolute atomic E-state index is 0.0864. The van der Waals surface area contributed by atoms with E-state index in [2.05, 4.69) is 10.3 Å². The van der Waals surface area contributed by atoms with Gasteiger partial charge in [0, 0.05) is 30.7 Å². The Morgan fingerprint density at radius 1 is 1.24 bits per heavy atom. The number of benzene rings is 1. The lowest BCUT2D eigenvalue weighted by Crippen LogP contribution is -2.36. The van der Waals surface area contributed by atoms with E-state index in [1.165, 1.54) is 18.0 Å². The molecule has 0 saturated heterocycles. The third-order valence-corrected chi connectivity index (χ3v) is 4.34. The fourth-order valence-electron chi connectivity index (χ4n) is 3.09. The first kappa shape index (κ1) is 17.1. The van der Waals surface area contributed by atoms with Gasteiger partial charge in [0.2, 0.25) is 0 Å². The second kappa shape index (κ2) is 7.05. The molecule has 2 aromatic rings. The highest BCUT2D eigenvalue weighted by atomic mass is 16.2. The minimum atomic E-state index is -0.203. The molecular formula is C20H23N3O2. The van der Waals surface area contributed by atoms with E-state index in [1.54, 1.807) is 11.0 Å². The van der Waals surface area contributed by atoms with Crippen LogP contribution in [0.15, 0.2) is 42.7 Å². The summed E-state index contributed by atoms with van der Waals surface area (Å²) in [5.41, 5.74) is 2.95. The zero-order valence-electron chi connectivity index (χ0n) is 14.8. The molecule has 0 spiro atoms. The molecular weight excluding hydrogens is 314 g/mol. The molecule has 0 aliphatic carbocycles. The van der Waals surface area contributed by atoms with Gasteiger partial charge in [0.25, 0.3) is 11.8 Å². The maximum Gasteiger partial charge on any atom is 0.260 e. The zero-order valence-corrected chi connectivity index (χ0v) is 14.8. The number of aromatic nitrogens is 1. The number of carbonyl (C=O) groups is 2. The van der Waals surface area contributed by atoms with Crippen LogP contribution in [0.25, 0.3) is 0 Å². The first-order valence-electron chi connectivity index (χ1n) is 8.62. The number of amides is 2. The van der Waals surface area contributed by atoms with Crippen molar-refractivity contribution >= 4 is 17.5 Å². The Bertz CT molecular complexity index is 801. The van der Waals surface area contributed by atoms with Gasteiger partial charge in [-0.05, 0) is 37.0 Å². The molecule has 1 aromatic heterocycles. The number of anilines is 1. The quantitative estimate of drug-likeness (QED) is 0.933. The summed E-state index contributed by atoms with van der Waals surface area (Å²) in [6, 6.07) is 9.64. The summed E-state index contributed by atoms with van der Waals surface area (Å²) in [5.74, 6) is 0.0397. The molecule has 0 bridgehead atoms. The van der Waals surface area contributed by atoms with Gasteiger partial charge in [-0.1, -0.05) is 32.0 Å². The van der Waals surface area contributed by atoms with Crippen LogP contribution >= 0.6 is 0 Å². The molecule has 1 aliphatic heterocycles. The van der Waals surface area contributed by atoms with Crippen molar-refractivity contribution in [2.45, 2.75) is 33.2 Å². The summed E-state index contributed by atoms with van der Waals surface area (Å²) in [6.45, 7) is 6.69. The van der Waals surface area contributed by atoms with Gasteiger partial charge in [-0.25, -0.2) is 0 Å². The number of fused-ring (bicyclic) bond motifs is 1. The average Bonchev–Trinajstić information content (AvgIpc) is 2.94. The number of pyridine rings is 1. The Hall–Kier alpha value is -2.69. The number of hydrogen-bond acceptors (Lipinski definition) is 3. The normalized spacial score (nSPS) is 16.0. The number of rotatable bonds is 4. The van der Waals surface area contributed by atoms with Gasteiger partial charge in [0.1, 0.15) is 0 Å². The van der Waals surface area contributed by atoms with Crippen molar-refractivity contribution in [2.24, 2.45) is 5.92 Å². The van der Waals surface area contributed by atoms with E-state index in [-0.39, 0.29) is 17.9 Å². The molecule has 1 N–H and O–H groups in total. The molecule has 3 rings (SSSR count). The fourth-order valence-corrected chi connectivity index (χ4v) is 3.09. The first-order chi connectivity index (χ1) is 12.0. The summed E-state index contributed by atoms with van der Waals surface area (Å²) in [6.07, 6.45) is 3.85. The van der Waals surface area contributed by atoms with Gasteiger partial charge in [-0.3, -0.25) is 14.6 Å². The van der Waals surface area contributed by atoms with E-state index in [0.717, 1.165) is 12.1 Å². The third-order valence-electron chi connectivity index (χ3n) is 4.34. The van der Waals surface area contributed by atoms with Crippen molar-refractivity contribution in [3.8, 4) is 0 Å². The van der Waals surface area contributed by atoms with Crippen LogP contribution in [-0.2, 0) is 6.42 Å². The SMILES string of the molecule is CC(C)CNC(=O)c1cncc(C(=O)N2c3ccccc3CC2C)c1. The third kappa shape index (κ3) is 3.55. The first-order valence-corrected chi connectivity index (χ1v) is 8.62. The van der Waals surface area contributed by atoms with Crippen LogP contribution in [0.4, 0.5) is 5.69 Å². The lowest BCUT2D eigenvalue weighted by Gasteiger charge is -2.22. The minimum Gasteiger partial charge on any atom is -0.352 e. The van der Waals surface area contributed by atoms with E-state index in [4.69, 9.17) is 0 Å². The summed E-state index contributed by atoms with van der Waals surface area (Å²) >= 11 is 0. The van der Waals surface area contributed by atoms with Crippen molar-refractivity contribution in [3.63, 3.8) is 0 Å². The van der Waals surface area contributed by atoms with Crippen molar-refractivity contribution in [3.05, 3.63) is 59.4 Å². The van der Waals surface area contributed by atoms with Gasteiger partial charge in [0.15, 0.2) is 0 Å². The fraction of sp³-hybridized carbons (Fsp3) is 0.350. The average molecular weight is 337 g/mol. The Kier molecular flexibility index (Phi) is 4.83. The molecule has 2 heterocycles. The monoisotopic (exact) mass is 337 g/mol. The van der Waals surface area contributed by atoms with Crippen molar-refractivity contribution in [1.29, 1.82) is 0 Å². The van der Waals surface area contributed by atoms with Crippen LogP contribution in [0, 0.1) is 5.92 Å². The molecule has 2 amide bonds. The summed E-state index contributed by atoms with van der Waals surface area (Å²) < 4.78 is 0. The maximum absolute atomic E-state index is 13.0. The van der Waals surface area contributed by atoms with E-state index in [1.807, 2.05) is 45.0 Å². The van der Waals surface area contributed by atoms with Crippen LogP contribution in [0.3, 0.4) is 0 Å². The van der Waals surface area contributed by atoms with Crippen LogP contribution in [0.1, 0.15) is 47.1 Å². The largest absolute Gasteiger partial charge is 0.352 e. The highest BCUT2D eigenvalue weighted by Gasteiger charge is 2.31. The molecule has 0 saturated carbocycles. The van der Waals surface area contributed by atoms with E-state index in [0.29, 0.717) is 23.6 Å². The standard InChI is InChI=1S/C20H23N3O2/c1-13(2)10-22-19(24)16-9-17(12-21-11-16)20(25)23-14(3)8-15-6-4-5-7-18(15)23/h4-7,9,11-14H,8,10H2,1-3H3,(H,22,24). The number of carbonyl (C=O) groups excluding carboxylic acids is 2. The molecule has 5 heteroatoms. The number of nitrogens with one attached hydrogen (secondary N) is 1. The summed E-state index contributed by atoms with van der Waals surface area (Å²) in [5, 5.41) is 2.85. The number of hydrogen-bond donors (Lipinski definition) is 1. The Balaban J connectivity index is 1.84. The van der Waals surface area contributed by atoms with Crippen LogP contribution in [0.5, 0.6) is 0 Å². The Labute approximate surface area is 148 Å². The van der Waals surface area contributed by atoms with Gasteiger partial charge in [0.05, 0.1) is 11.1 Å². The van der Waals surface area contributed by atoms with Gasteiger partial charge in [-0.15, -0.1) is 0 Å². The van der Waals surface area contributed by atoms with Gasteiger partial charge < -0.3 is 10.2 Å². The van der Waals surface area contributed by atoms with Crippen molar-refractivity contribution < 1.29 is 9.59 Å². The number of para-hydroxylation sites is 1. The highest BCUT2D eigenvalue weighted by molar-refractivity contribution is 6.08. The Morgan fingerprint density at radius 3 is 2.72 bits per heavy atom.